The zero-order valence-electron chi connectivity index (χ0n) is 24.0. The molecule has 210 valence electrons. The summed E-state index contributed by atoms with van der Waals surface area (Å²) in [6.45, 7) is 6.23. The van der Waals surface area contributed by atoms with Crippen LogP contribution in [0.15, 0.2) is 79.5 Å². The highest BCUT2D eigenvalue weighted by Gasteiger charge is 2.42. The lowest BCUT2D eigenvalue weighted by atomic mass is 9.74. The zero-order valence-corrected chi connectivity index (χ0v) is 24.0. The molecule has 2 aromatic carbocycles. The molecular formula is C34H38N6O. The van der Waals surface area contributed by atoms with E-state index in [1.807, 2.05) is 25.1 Å². The molecule has 7 heteroatoms. The summed E-state index contributed by atoms with van der Waals surface area (Å²) in [7, 11) is 0. The minimum Gasteiger partial charge on any atom is -0.345 e. The molecule has 0 spiro atoms. The number of amides is 1. The third kappa shape index (κ3) is 5.58. The van der Waals surface area contributed by atoms with Gasteiger partial charge in [0.05, 0.1) is 17.3 Å². The SMILES string of the molecule is CC1CCN(c2ncc(C(=O)NC(C)c3cccc(-c4cncnc4)c3)c(C3(c4ccccc4)CCCC3)n2)CC1. The second-order valence-corrected chi connectivity index (χ2v) is 11.7. The molecule has 1 saturated carbocycles. The minimum absolute atomic E-state index is 0.137. The molecule has 1 amide bonds. The molecule has 1 aliphatic heterocycles. The van der Waals surface area contributed by atoms with Crippen LogP contribution in [0.25, 0.3) is 11.1 Å². The number of carbonyl (C=O) groups is 1. The first-order valence-electron chi connectivity index (χ1n) is 14.9. The van der Waals surface area contributed by atoms with Crippen molar-refractivity contribution >= 4 is 11.9 Å². The predicted molar refractivity (Wildman–Crippen MR) is 162 cm³/mol. The van der Waals surface area contributed by atoms with Gasteiger partial charge in [-0.3, -0.25) is 4.79 Å². The van der Waals surface area contributed by atoms with Gasteiger partial charge >= 0.3 is 0 Å². The van der Waals surface area contributed by atoms with E-state index in [-0.39, 0.29) is 17.4 Å². The van der Waals surface area contributed by atoms with Gasteiger partial charge < -0.3 is 10.2 Å². The van der Waals surface area contributed by atoms with Crippen LogP contribution in [0.1, 0.15) is 85.6 Å². The van der Waals surface area contributed by atoms with E-state index in [1.54, 1.807) is 18.6 Å². The number of nitrogens with one attached hydrogen (secondary N) is 1. The van der Waals surface area contributed by atoms with Crippen molar-refractivity contribution in [2.75, 3.05) is 18.0 Å². The van der Waals surface area contributed by atoms with E-state index in [4.69, 9.17) is 9.97 Å². The molecule has 0 radical (unpaired) electrons. The van der Waals surface area contributed by atoms with Gasteiger partial charge in [0.25, 0.3) is 5.91 Å². The van der Waals surface area contributed by atoms with E-state index >= 15 is 0 Å². The van der Waals surface area contributed by atoms with Gasteiger partial charge in [-0.05, 0) is 61.3 Å². The Balaban J connectivity index is 1.35. The molecule has 7 nitrogen and oxygen atoms in total. The lowest BCUT2D eigenvalue weighted by molar-refractivity contribution is 0.0936. The number of aromatic nitrogens is 4. The van der Waals surface area contributed by atoms with Crippen LogP contribution in [0.4, 0.5) is 5.95 Å². The number of benzene rings is 2. The van der Waals surface area contributed by atoms with Crippen molar-refractivity contribution in [3.8, 4) is 11.1 Å². The molecule has 4 aromatic rings. The van der Waals surface area contributed by atoms with E-state index in [0.717, 1.165) is 85.9 Å². The molecule has 2 aliphatic rings. The van der Waals surface area contributed by atoms with Gasteiger partial charge in [0.2, 0.25) is 5.95 Å². The van der Waals surface area contributed by atoms with Crippen molar-refractivity contribution < 1.29 is 4.79 Å². The molecule has 1 saturated heterocycles. The van der Waals surface area contributed by atoms with E-state index in [2.05, 4.69) is 63.5 Å². The number of nitrogens with zero attached hydrogens (tertiary/aromatic N) is 5. The molecule has 3 heterocycles. The Hall–Kier alpha value is -4.13. The first-order chi connectivity index (χ1) is 20.0. The Morgan fingerprint density at radius 3 is 2.41 bits per heavy atom. The summed E-state index contributed by atoms with van der Waals surface area (Å²) in [4.78, 5) is 34.7. The summed E-state index contributed by atoms with van der Waals surface area (Å²) < 4.78 is 0. The first-order valence-corrected chi connectivity index (χ1v) is 14.9. The normalized spacial score (nSPS) is 17.8. The van der Waals surface area contributed by atoms with Gasteiger partial charge in [0.15, 0.2) is 0 Å². The largest absolute Gasteiger partial charge is 0.345 e. The first kappa shape index (κ1) is 27.1. The Morgan fingerprint density at radius 1 is 0.951 bits per heavy atom. The fourth-order valence-electron chi connectivity index (χ4n) is 6.46. The lowest BCUT2D eigenvalue weighted by Crippen LogP contribution is -2.37. The average molecular weight is 547 g/mol. The van der Waals surface area contributed by atoms with Crippen molar-refractivity contribution in [3.05, 3.63) is 102 Å². The van der Waals surface area contributed by atoms with Crippen LogP contribution < -0.4 is 10.2 Å². The molecule has 1 unspecified atom stereocenters. The third-order valence-electron chi connectivity index (χ3n) is 8.95. The van der Waals surface area contributed by atoms with Gasteiger partial charge in [-0.25, -0.2) is 19.9 Å². The quantitative estimate of drug-likeness (QED) is 0.284. The number of rotatable bonds is 7. The Labute approximate surface area is 242 Å². The summed E-state index contributed by atoms with van der Waals surface area (Å²) in [5.41, 5.74) is 5.34. The maximum atomic E-state index is 14.0. The number of hydrogen-bond donors (Lipinski definition) is 1. The number of anilines is 1. The summed E-state index contributed by atoms with van der Waals surface area (Å²) in [5, 5.41) is 3.26. The van der Waals surface area contributed by atoms with E-state index < -0.39 is 0 Å². The maximum Gasteiger partial charge on any atom is 0.255 e. The Morgan fingerprint density at radius 2 is 1.68 bits per heavy atom. The molecule has 2 aromatic heterocycles. The topological polar surface area (TPSA) is 83.9 Å². The van der Waals surface area contributed by atoms with Crippen molar-refractivity contribution in [1.82, 2.24) is 25.3 Å². The fourth-order valence-corrected chi connectivity index (χ4v) is 6.46. The molecular weight excluding hydrogens is 508 g/mol. The van der Waals surface area contributed by atoms with E-state index in [1.165, 1.54) is 11.9 Å². The van der Waals surface area contributed by atoms with Gasteiger partial charge in [-0.1, -0.05) is 68.3 Å². The Kier molecular flexibility index (Phi) is 7.77. The molecule has 41 heavy (non-hydrogen) atoms. The van der Waals surface area contributed by atoms with Gasteiger partial charge in [-0.15, -0.1) is 0 Å². The monoisotopic (exact) mass is 546 g/mol. The second kappa shape index (κ2) is 11.8. The highest BCUT2D eigenvalue weighted by Crippen LogP contribution is 2.47. The fraction of sp³-hybridized carbons (Fsp3) is 0.382. The standard InChI is InChI=1S/C34H38N6O/c1-24-13-17-40(18-14-24)33-37-22-30(31(39-33)34(15-6-7-16-34)29-11-4-3-5-12-29)32(41)38-25(2)26-9-8-10-27(19-26)28-20-35-23-36-21-28/h3-5,8-12,19-25H,6-7,13-18H2,1-2H3,(H,38,41). The summed E-state index contributed by atoms with van der Waals surface area (Å²) in [6.07, 6.45) is 13.3. The van der Waals surface area contributed by atoms with Crippen LogP contribution in [-0.4, -0.2) is 38.9 Å². The van der Waals surface area contributed by atoms with Crippen molar-refractivity contribution in [1.29, 1.82) is 0 Å². The van der Waals surface area contributed by atoms with E-state index in [9.17, 15) is 4.79 Å². The highest BCUT2D eigenvalue weighted by atomic mass is 16.1. The predicted octanol–water partition coefficient (Wildman–Crippen LogP) is 6.52. The summed E-state index contributed by atoms with van der Waals surface area (Å²) in [6, 6.07) is 18.6. The molecule has 1 aliphatic carbocycles. The van der Waals surface area contributed by atoms with Crippen LogP contribution in [0, 0.1) is 5.92 Å². The van der Waals surface area contributed by atoms with Crippen LogP contribution in [0.5, 0.6) is 0 Å². The smallest absolute Gasteiger partial charge is 0.255 e. The third-order valence-corrected chi connectivity index (χ3v) is 8.95. The molecule has 1 atom stereocenters. The van der Waals surface area contributed by atoms with Crippen molar-refractivity contribution in [3.63, 3.8) is 0 Å². The minimum atomic E-state index is -0.300. The highest BCUT2D eigenvalue weighted by molar-refractivity contribution is 5.96. The zero-order chi connectivity index (χ0) is 28.2. The molecule has 1 N–H and O–H groups in total. The average Bonchev–Trinajstić information content (AvgIpc) is 3.53. The van der Waals surface area contributed by atoms with Gasteiger partial charge in [0, 0.05) is 42.7 Å². The van der Waals surface area contributed by atoms with Gasteiger partial charge in [-0.2, -0.15) is 0 Å². The van der Waals surface area contributed by atoms with Gasteiger partial charge in [0.1, 0.15) is 6.33 Å². The number of carbonyl (C=O) groups excluding carboxylic acids is 1. The molecule has 0 bridgehead atoms. The summed E-state index contributed by atoms with van der Waals surface area (Å²) in [5.74, 6) is 1.33. The maximum absolute atomic E-state index is 14.0. The van der Waals surface area contributed by atoms with E-state index in [0.29, 0.717) is 5.56 Å². The second-order valence-electron chi connectivity index (χ2n) is 11.7. The number of hydrogen-bond acceptors (Lipinski definition) is 6. The molecule has 2 fully saturated rings. The van der Waals surface area contributed by atoms with Crippen LogP contribution in [-0.2, 0) is 5.41 Å². The summed E-state index contributed by atoms with van der Waals surface area (Å²) >= 11 is 0. The number of piperidine rings is 1. The van der Waals surface area contributed by atoms with Crippen molar-refractivity contribution in [2.45, 2.75) is 63.8 Å². The van der Waals surface area contributed by atoms with Crippen LogP contribution in [0.3, 0.4) is 0 Å². The lowest BCUT2D eigenvalue weighted by Gasteiger charge is -2.34. The molecule has 6 rings (SSSR count). The Bertz CT molecular complexity index is 1480. The van der Waals surface area contributed by atoms with Crippen LogP contribution >= 0.6 is 0 Å². The van der Waals surface area contributed by atoms with Crippen molar-refractivity contribution in [2.24, 2.45) is 5.92 Å². The van der Waals surface area contributed by atoms with Crippen LogP contribution in [0.2, 0.25) is 0 Å².